The van der Waals surface area contributed by atoms with E-state index in [0.29, 0.717) is 5.02 Å². The minimum Gasteiger partial charge on any atom is -0.332 e. The number of nitrogens with one attached hydrogen (secondary N) is 2. The molecule has 22 heavy (non-hydrogen) atoms. The number of carbonyl (C=O) groups is 1. The van der Waals surface area contributed by atoms with Crippen molar-refractivity contribution in [1.29, 1.82) is 0 Å². The Morgan fingerprint density at radius 1 is 1.09 bits per heavy atom. The maximum atomic E-state index is 12.2. The second-order valence-corrected chi connectivity index (χ2v) is 5.57. The predicted octanol–water partition coefficient (Wildman–Crippen LogP) is 4.25. The molecule has 1 heterocycles. The summed E-state index contributed by atoms with van der Waals surface area (Å²) >= 11 is 5.90. The van der Waals surface area contributed by atoms with Crippen molar-refractivity contribution in [3.63, 3.8) is 0 Å². The number of hydrogen-bond donors (Lipinski definition) is 2. The van der Waals surface area contributed by atoms with Crippen molar-refractivity contribution < 1.29 is 4.79 Å². The zero-order valence-corrected chi connectivity index (χ0v) is 13.5. The highest BCUT2D eigenvalue weighted by Crippen LogP contribution is 2.19. The van der Waals surface area contributed by atoms with Crippen LogP contribution in [0.4, 0.5) is 4.79 Å². The van der Waals surface area contributed by atoms with Gasteiger partial charge in [0.25, 0.3) is 0 Å². The van der Waals surface area contributed by atoms with Gasteiger partial charge < -0.3 is 10.6 Å². The van der Waals surface area contributed by atoms with Crippen LogP contribution in [0.2, 0.25) is 5.02 Å². The Hall–Kier alpha value is -2.07. The van der Waals surface area contributed by atoms with E-state index in [0.717, 1.165) is 17.5 Å². The smallest absolute Gasteiger partial charge is 0.315 e. The molecule has 2 aromatic rings. The van der Waals surface area contributed by atoms with Crippen molar-refractivity contribution in [2.75, 3.05) is 0 Å². The normalized spacial score (nSPS) is 13.2. The fraction of sp³-hybridized carbons (Fsp3) is 0.294. The Morgan fingerprint density at radius 2 is 1.73 bits per heavy atom. The van der Waals surface area contributed by atoms with Gasteiger partial charge in [-0.15, -0.1) is 0 Å². The Bertz CT molecular complexity index is 601. The fourth-order valence-corrected chi connectivity index (χ4v) is 2.37. The van der Waals surface area contributed by atoms with Crippen molar-refractivity contribution >= 4 is 17.6 Å². The van der Waals surface area contributed by atoms with Gasteiger partial charge in [0.15, 0.2) is 0 Å². The van der Waals surface area contributed by atoms with Gasteiger partial charge in [0, 0.05) is 17.4 Å². The van der Waals surface area contributed by atoms with Crippen LogP contribution in [0, 0.1) is 0 Å². The van der Waals surface area contributed by atoms with E-state index < -0.39 is 0 Å². The van der Waals surface area contributed by atoms with Crippen molar-refractivity contribution in [1.82, 2.24) is 15.6 Å². The molecular weight excluding hydrogens is 298 g/mol. The number of pyridine rings is 1. The maximum Gasteiger partial charge on any atom is 0.315 e. The molecule has 2 atom stereocenters. The molecule has 0 fully saturated rings. The lowest BCUT2D eigenvalue weighted by molar-refractivity contribution is 0.233. The van der Waals surface area contributed by atoms with Gasteiger partial charge in [-0.25, -0.2) is 4.79 Å². The third kappa shape index (κ3) is 4.46. The first-order valence-electron chi connectivity index (χ1n) is 7.32. The number of amides is 2. The van der Waals surface area contributed by atoms with E-state index in [2.05, 4.69) is 15.6 Å². The molecule has 0 aliphatic heterocycles. The minimum atomic E-state index is -0.189. The monoisotopic (exact) mass is 317 g/mol. The van der Waals surface area contributed by atoms with Crippen LogP contribution in [0.5, 0.6) is 0 Å². The molecule has 1 aromatic carbocycles. The second kappa shape index (κ2) is 7.80. The molecule has 5 heteroatoms. The first-order chi connectivity index (χ1) is 10.6. The summed E-state index contributed by atoms with van der Waals surface area (Å²) in [5.41, 5.74) is 2.06. The molecule has 0 spiro atoms. The van der Waals surface area contributed by atoms with Gasteiger partial charge in [-0.05, 0) is 48.7 Å². The van der Waals surface area contributed by atoms with Gasteiger partial charge in [-0.1, -0.05) is 30.7 Å². The molecule has 2 N–H and O–H groups in total. The summed E-state index contributed by atoms with van der Waals surface area (Å²) in [6.07, 6.45) is 4.24. The Labute approximate surface area is 135 Å². The van der Waals surface area contributed by atoms with Gasteiger partial charge in [-0.2, -0.15) is 0 Å². The summed E-state index contributed by atoms with van der Waals surface area (Å²) < 4.78 is 0. The van der Waals surface area contributed by atoms with Gasteiger partial charge in [0.2, 0.25) is 0 Å². The number of rotatable bonds is 5. The number of urea groups is 1. The molecule has 116 valence electrons. The summed E-state index contributed by atoms with van der Waals surface area (Å²) in [7, 11) is 0. The zero-order valence-electron chi connectivity index (χ0n) is 12.7. The average Bonchev–Trinajstić information content (AvgIpc) is 2.54. The van der Waals surface area contributed by atoms with Gasteiger partial charge >= 0.3 is 6.03 Å². The molecule has 2 amide bonds. The van der Waals surface area contributed by atoms with Crippen molar-refractivity contribution in [2.45, 2.75) is 32.4 Å². The lowest BCUT2D eigenvalue weighted by atomic mass is 10.0. The van der Waals surface area contributed by atoms with Crippen LogP contribution >= 0.6 is 11.6 Å². The molecule has 0 saturated carbocycles. The topological polar surface area (TPSA) is 54.0 Å². The number of halogens is 1. The van der Waals surface area contributed by atoms with Crippen LogP contribution in [0.3, 0.4) is 0 Å². The molecule has 0 radical (unpaired) electrons. The van der Waals surface area contributed by atoms with Crippen LogP contribution in [0.25, 0.3) is 0 Å². The van der Waals surface area contributed by atoms with Crippen LogP contribution in [-0.4, -0.2) is 11.0 Å². The quantitative estimate of drug-likeness (QED) is 0.866. The first kappa shape index (κ1) is 16.3. The molecule has 0 aliphatic rings. The van der Waals surface area contributed by atoms with Crippen molar-refractivity contribution in [2.24, 2.45) is 0 Å². The molecule has 2 rings (SSSR count). The summed E-state index contributed by atoms with van der Waals surface area (Å²) in [6.45, 7) is 3.98. The SMILES string of the molecule is CCC(NC(=O)NC(C)c1ccncc1)c1ccc(Cl)cc1. The molecule has 0 saturated heterocycles. The van der Waals surface area contributed by atoms with Crippen LogP contribution in [0.1, 0.15) is 43.5 Å². The lowest BCUT2D eigenvalue weighted by Gasteiger charge is -2.20. The first-order valence-corrected chi connectivity index (χ1v) is 7.70. The summed E-state index contributed by atoms with van der Waals surface area (Å²) in [5.74, 6) is 0. The fourth-order valence-electron chi connectivity index (χ4n) is 2.25. The Kier molecular flexibility index (Phi) is 5.78. The highest BCUT2D eigenvalue weighted by Gasteiger charge is 2.14. The summed E-state index contributed by atoms with van der Waals surface area (Å²) in [6, 6.07) is 11.0. The summed E-state index contributed by atoms with van der Waals surface area (Å²) in [5, 5.41) is 6.62. The highest BCUT2D eigenvalue weighted by molar-refractivity contribution is 6.30. The standard InChI is InChI=1S/C17H20ClN3O/c1-3-16(14-4-6-15(18)7-5-14)21-17(22)20-12(2)13-8-10-19-11-9-13/h4-12,16H,3H2,1-2H3,(H2,20,21,22). The molecule has 2 unspecified atom stereocenters. The molecule has 0 bridgehead atoms. The number of carbonyl (C=O) groups excluding carboxylic acids is 1. The van der Waals surface area contributed by atoms with E-state index in [-0.39, 0.29) is 18.1 Å². The number of benzene rings is 1. The highest BCUT2D eigenvalue weighted by atomic mass is 35.5. The van der Waals surface area contributed by atoms with E-state index in [9.17, 15) is 4.79 Å². The molecule has 0 aliphatic carbocycles. The van der Waals surface area contributed by atoms with Crippen LogP contribution in [0.15, 0.2) is 48.8 Å². The van der Waals surface area contributed by atoms with E-state index in [1.807, 2.05) is 50.2 Å². The second-order valence-electron chi connectivity index (χ2n) is 5.13. The summed E-state index contributed by atoms with van der Waals surface area (Å²) in [4.78, 5) is 16.1. The Balaban J connectivity index is 1.96. The van der Waals surface area contributed by atoms with Gasteiger partial charge in [0.05, 0.1) is 12.1 Å². The van der Waals surface area contributed by atoms with E-state index in [1.54, 1.807) is 12.4 Å². The largest absolute Gasteiger partial charge is 0.332 e. The number of nitrogens with zero attached hydrogens (tertiary/aromatic N) is 1. The Morgan fingerprint density at radius 3 is 2.32 bits per heavy atom. The lowest BCUT2D eigenvalue weighted by Crippen LogP contribution is -2.39. The maximum absolute atomic E-state index is 12.2. The van der Waals surface area contributed by atoms with Gasteiger partial charge in [-0.3, -0.25) is 4.98 Å². The number of hydrogen-bond acceptors (Lipinski definition) is 2. The minimum absolute atomic E-state index is 0.0399. The van der Waals surface area contributed by atoms with E-state index in [1.165, 1.54) is 0 Å². The molecular formula is C17H20ClN3O. The molecule has 1 aromatic heterocycles. The molecule has 4 nitrogen and oxygen atoms in total. The van der Waals surface area contributed by atoms with Gasteiger partial charge in [0.1, 0.15) is 0 Å². The third-order valence-corrected chi connectivity index (χ3v) is 3.79. The predicted molar refractivity (Wildman–Crippen MR) is 88.8 cm³/mol. The van der Waals surface area contributed by atoms with Crippen molar-refractivity contribution in [3.8, 4) is 0 Å². The van der Waals surface area contributed by atoms with Crippen molar-refractivity contribution in [3.05, 3.63) is 64.9 Å². The van der Waals surface area contributed by atoms with Crippen LogP contribution < -0.4 is 10.6 Å². The zero-order chi connectivity index (χ0) is 15.9. The van der Waals surface area contributed by atoms with E-state index >= 15 is 0 Å². The third-order valence-electron chi connectivity index (χ3n) is 3.54. The number of aromatic nitrogens is 1. The van der Waals surface area contributed by atoms with Crippen LogP contribution in [-0.2, 0) is 0 Å². The van der Waals surface area contributed by atoms with E-state index in [4.69, 9.17) is 11.6 Å². The average molecular weight is 318 g/mol.